The molecule has 25 heavy (non-hydrogen) atoms. The lowest BCUT2D eigenvalue weighted by atomic mass is 9.91. The van der Waals surface area contributed by atoms with Crippen molar-refractivity contribution < 1.29 is 4.79 Å². The average Bonchev–Trinajstić information content (AvgIpc) is 2.53. The molecular weight excluding hydrogens is 310 g/mol. The van der Waals surface area contributed by atoms with Crippen molar-refractivity contribution >= 4 is 11.9 Å². The van der Waals surface area contributed by atoms with Gasteiger partial charge in [-0.15, -0.1) is 0 Å². The molecule has 0 aromatic carbocycles. The molecule has 1 heterocycles. The number of carbonyl (C=O) groups excluding carboxylic acids is 1. The quantitative estimate of drug-likeness (QED) is 0.521. The van der Waals surface area contributed by atoms with Crippen molar-refractivity contribution in [2.24, 2.45) is 5.41 Å². The Morgan fingerprint density at radius 2 is 1.68 bits per heavy atom. The number of carbonyl (C=O) groups is 1. The van der Waals surface area contributed by atoms with Gasteiger partial charge in [-0.3, -0.25) is 9.69 Å². The Morgan fingerprint density at radius 3 is 2.20 bits per heavy atom. The zero-order valence-corrected chi connectivity index (χ0v) is 17.1. The Hall–Kier alpha value is -1.45. The second kappa shape index (κ2) is 10.5. The van der Waals surface area contributed by atoms with E-state index < -0.39 is 0 Å². The van der Waals surface area contributed by atoms with Crippen LogP contribution >= 0.6 is 0 Å². The van der Waals surface area contributed by atoms with Gasteiger partial charge in [0.2, 0.25) is 11.9 Å². The lowest BCUT2D eigenvalue weighted by molar-refractivity contribution is -0.120. The van der Waals surface area contributed by atoms with Gasteiger partial charge >= 0.3 is 0 Å². The largest absolute Gasteiger partial charge is 0.278 e. The lowest BCUT2D eigenvalue weighted by Gasteiger charge is -2.30. The fourth-order valence-corrected chi connectivity index (χ4v) is 2.89. The van der Waals surface area contributed by atoms with E-state index in [2.05, 4.69) is 51.5 Å². The first-order valence-electron chi connectivity index (χ1n) is 9.91. The van der Waals surface area contributed by atoms with Crippen molar-refractivity contribution in [2.75, 3.05) is 4.90 Å². The van der Waals surface area contributed by atoms with Gasteiger partial charge in [0.15, 0.2) is 0 Å². The summed E-state index contributed by atoms with van der Waals surface area (Å²) in [7, 11) is 0. The van der Waals surface area contributed by atoms with Gasteiger partial charge in [-0.1, -0.05) is 60.3 Å². The molecule has 0 fully saturated rings. The molecule has 4 nitrogen and oxygen atoms in total. The van der Waals surface area contributed by atoms with Gasteiger partial charge in [0.25, 0.3) is 0 Å². The van der Waals surface area contributed by atoms with Crippen LogP contribution in [0.5, 0.6) is 0 Å². The van der Waals surface area contributed by atoms with Gasteiger partial charge in [0.1, 0.15) is 0 Å². The maximum atomic E-state index is 12.9. The fourth-order valence-electron chi connectivity index (χ4n) is 2.89. The van der Waals surface area contributed by atoms with Crippen molar-refractivity contribution in [3.63, 3.8) is 0 Å². The van der Waals surface area contributed by atoms with E-state index >= 15 is 0 Å². The fraction of sp³-hybridized carbons (Fsp3) is 0.762. The Kier molecular flexibility index (Phi) is 9.09. The Labute approximate surface area is 154 Å². The van der Waals surface area contributed by atoms with Crippen LogP contribution in [0.3, 0.4) is 0 Å². The molecule has 0 spiro atoms. The number of aromatic nitrogens is 2. The molecule has 0 aliphatic carbocycles. The smallest absolute Gasteiger partial charge is 0.232 e. The summed E-state index contributed by atoms with van der Waals surface area (Å²) in [5.74, 6) is 0.677. The van der Waals surface area contributed by atoms with Crippen molar-refractivity contribution in [1.29, 1.82) is 0 Å². The highest BCUT2D eigenvalue weighted by Crippen LogP contribution is 2.24. The minimum atomic E-state index is -0.0421. The Balaban J connectivity index is 2.94. The molecule has 1 rings (SSSR count). The van der Waals surface area contributed by atoms with E-state index in [0.717, 1.165) is 37.7 Å². The predicted molar refractivity (Wildman–Crippen MR) is 106 cm³/mol. The molecule has 0 N–H and O–H groups in total. The molecule has 0 aliphatic rings. The highest BCUT2D eigenvalue weighted by molar-refractivity contribution is 5.92. The third-order valence-electron chi connectivity index (χ3n) is 4.34. The molecule has 0 bridgehead atoms. The summed E-state index contributed by atoms with van der Waals surface area (Å²) in [6.07, 6.45) is 12.1. The van der Waals surface area contributed by atoms with E-state index in [4.69, 9.17) is 0 Å². The molecule has 0 radical (unpaired) electrons. The summed E-state index contributed by atoms with van der Waals surface area (Å²) in [5, 5.41) is 0. The molecule has 1 unspecified atom stereocenters. The van der Waals surface area contributed by atoms with Crippen molar-refractivity contribution in [3.05, 3.63) is 18.0 Å². The number of anilines is 1. The molecule has 4 heteroatoms. The average molecular weight is 348 g/mol. The van der Waals surface area contributed by atoms with Crippen LogP contribution in [0.2, 0.25) is 0 Å². The van der Waals surface area contributed by atoms with E-state index in [1.807, 2.05) is 17.3 Å². The number of hydrogen-bond donors (Lipinski definition) is 0. The van der Waals surface area contributed by atoms with Crippen LogP contribution < -0.4 is 4.90 Å². The van der Waals surface area contributed by atoms with Crippen LogP contribution in [-0.4, -0.2) is 21.9 Å². The molecule has 0 saturated heterocycles. The standard InChI is InChI=1S/C21H37N3O/c1-7-9-11-12-17(3)24(19(25)14-21(4,5)6)20-22-15-18(16-23-20)13-10-8-2/h15-17H,7-14H2,1-6H3. The molecule has 0 aliphatic heterocycles. The minimum absolute atomic E-state index is 0.0421. The Morgan fingerprint density at radius 1 is 1.08 bits per heavy atom. The minimum Gasteiger partial charge on any atom is -0.278 e. The van der Waals surface area contributed by atoms with E-state index in [0.29, 0.717) is 12.4 Å². The summed E-state index contributed by atoms with van der Waals surface area (Å²) >= 11 is 0. The molecule has 1 atom stereocenters. The van der Waals surface area contributed by atoms with Gasteiger partial charge < -0.3 is 0 Å². The topological polar surface area (TPSA) is 46.1 Å². The van der Waals surface area contributed by atoms with Gasteiger partial charge in [-0.25, -0.2) is 9.97 Å². The second-order valence-corrected chi connectivity index (χ2v) is 8.34. The SMILES string of the molecule is CCCCCC(C)N(C(=O)CC(C)(C)C)c1ncc(CCCC)cn1. The summed E-state index contributed by atoms with van der Waals surface area (Å²) in [6.45, 7) is 12.8. The lowest BCUT2D eigenvalue weighted by Crippen LogP contribution is -2.41. The van der Waals surface area contributed by atoms with E-state index in [1.54, 1.807) is 0 Å². The zero-order valence-electron chi connectivity index (χ0n) is 17.1. The molecule has 1 amide bonds. The number of aryl methyl sites for hydroxylation is 1. The first-order valence-corrected chi connectivity index (χ1v) is 9.91. The summed E-state index contributed by atoms with van der Waals surface area (Å²) in [4.78, 5) is 23.8. The second-order valence-electron chi connectivity index (χ2n) is 8.34. The van der Waals surface area contributed by atoms with Gasteiger partial charge in [-0.05, 0) is 37.2 Å². The Bertz CT molecular complexity index is 505. The molecule has 142 valence electrons. The maximum Gasteiger partial charge on any atom is 0.232 e. The van der Waals surface area contributed by atoms with E-state index in [9.17, 15) is 4.79 Å². The van der Waals surface area contributed by atoms with Crippen molar-refractivity contribution in [2.45, 2.75) is 99.0 Å². The summed E-state index contributed by atoms with van der Waals surface area (Å²) in [5.41, 5.74) is 1.10. The first-order chi connectivity index (χ1) is 11.8. The zero-order chi connectivity index (χ0) is 18.9. The van der Waals surface area contributed by atoms with E-state index in [-0.39, 0.29) is 17.4 Å². The number of unbranched alkanes of at least 4 members (excludes halogenated alkanes) is 3. The van der Waals surface area contributed by atoms with Crippen LogP contribution in [0.1, 0.15) is 92.1 Å². The summed E-state index contributed by atoms with van der Waals surface area (Å²) < 4.78 is 0. The highest BCUT2D eigenvalue weighted by Gasteiger charge is 2.27. The third-order valence-corrected chi connectivity index (χ3v) is 4.34. The van der Waals surface area contributed by atoms with Crippen molar-refractivity contribution in [1.82, 2.24) is 9.97 Å². The third kappa shape index (κ3) is 7.98. The molecule has 1 aromatic heterocycles. The summed E-state index contributed by atoms with van der Waals surface area (Å²) in [6, 6.07) is 0.128. The van der Waals surface area contributed by atoms with Gasteiger partial charge in [-0.2, -0.15) is 0 Å². The number of rotatable bonds is 10. The molecular formula is C21H37N3O. The normalized spacial score (nSPS) is 12.9. The monoisotopic (exact) mass is 347 g/mol. The van der Waals surface area contributed by atoms with Crippen LogP contribution in [0, 0.1) is 5.41 Å². The van der Waals surface area contributed by atoms with Crippen LogP contribution in [0.4, 0.5) is 5.95 Å². The molecule has 0 saturated carbocycles. The van der Waals surface area contributed by atoms with Crippen LogP contribution in [0.15, 0.2) is 12.4 Å². The number of hydrogen-bond acceptors (Lipinski definition) is 3. The first kappa shape index (κ1) is 21.6. The van der Waals surface area contributed by atoms with Crippen LogP contribution in [0.25, 0.3) is 0 Å². The number of nitrogens with zero attached hydrogens (tertiary/aromatic N) is 3. The maximum absolute atomic E-state index is 12.9. The van der Waals surface area contributed by atoms with E-state index in [1.165, 1.54) is 12.8 Å². The van der Waals surface area contributed by atoms with Crippen molar-refractivity contribution in [3.8, 4) is 0 Å². The highest BCUT2D eigenvalue weighted by atomic mass is 16.2. The van der Waals surface area contributed by atoms with Crippen LogP contribution in [-0.2, 0) is 11.2 Å². The number of amides is 1. The van der Waals surface area contributed by atoms with Gasteiger partial charge in [0, 0.05) is 24.9 Å². The predicted octanol–water partition coefficient (Wildman–Crippen LogP) is 5.56. The van der Waals surface area contributed by atoms with Gasteiger partial charge in [0.05, 0.1) is 0 Å². The molecule has 1 aromatic rings.